The van der Waals surface area contributed by atoms with Crippen molar-refractivity contribution in [3.63, 3.8) is 0 Å². The Morgan fingerprint density at radius 3 is 1.89 bits per heavy atom. The molecule has 0 spiro atoms. The van der Waals surface area contributed by atoms with Crippen LogP contribution in [-0.2, 0) is 19.1 Å². The molecule has 18 heteroatoms. The van der Waals surface area contributed by atoms with E-state index in [2.05, 4.69) is 74.7 Å². The fourth-order valence-electron chi connectivity index (χ4n) is 8.60. The maximum absolute atomic E-state index is 14.2. The van der Waals surface area contributed by atoms with Gasteiger partial charge in [-0.3, -0.25) is 29.1 Å². The summed E-state index contributed by atoms with van der Waals surface area (Å²) in [5, 5.41) is 5.57. The first kappa shape index (κ1) is 51.7. The molecule has 4 aromatic carbocycles. The summed E-state index contributed by atoms with van der Waals surface area (Å²) in [5.41, 5.74) is 2.35. The first-order valence-electron chi connectivity index (χ1n) is 24.4. The van der Waals surface area contributed by atoms with Crippen molar-refractivity contribution < 1.29 is 47.7 Å². The van der Waals surface area contributed by atoms with Crippen LogP contribution in [0.3, 0.4) is 0 Å². The lowest BCUT2D eigenvalue weighted by molar-refractivity contribution is -0.133. The molecule has 2 atom stereocenters. The molecule has 0 aliphatic carbocycles. The molecular formula is C58H54N8O10. The summed E-state index contributed by atoms with van der Waals surface area (Å²) in [6, 6.07) is 30.2. The monoisotopic (exact) mass is 1020 g/mol. The van der Waals surface area contributed by atoms with Gasteiger partial charge >= 0.3 is 5.97 Å². The van der Waals surface area contributed by atoms with Crippen LogP contribution in [0.15, 0.2) is 121 Å². The minimum Gasteiger partial charge on any atom is -0.489 e. The number of benzene rings is 4. The number of carbonyl (C=O) groups excluding carboxylic acids is 5. The number of aromatic nitrogens is 2. The van der Waals surface area contributed by atoms with E-state index in [9.17, 15) is 24.0 Å². The Morgan fingerprint density at radius 1 is 0.658 bits per heavy atom. The second kappa shape index (κ2) is 22.5. The van der Waals surface area contributed by atoms with Crippen molar-refractivity contribution >= 4 is 41.0 Å². The fraction of sp³-hybridized carbons (Fsp3) is 0.259. The zero-order valence-electron chi connectivity index (χ0n) is 42.7. The van der Waals surface area contributed by atoms with Crippen molar-refractivity contribution in [2.75, 3.05) is 77.4 Å². The average molecular weight is 1020 g/mol. The number of fused-ring (bicyclic) bond motifs is 2. The summed E-state index contributed by atoms with van der Waals surface area (Å²) in [7, 11) is 6.52. The van der Waals surface area contributed by atoms with Crippen LogP contribution in [0, 0.1) is 23.7 Å². The van der Waals surface area contributed by atoms with Gasteiger partial charge in [-0.2, -0.15) is 0 Å². The van der Waals surface area contributed by atoms with Crippen molar-refractivity contribution in [2.45, 2.75) is 31.5 Å². The maximum Gasteiger partial charge on any atom is 0.384 e. The van der Waals surface area contributed by atoms with Crippen molar-refractivity contribution in [2.24, 2.45) is 0 Å². The van der Waals surface area contributed by atoms with Gasteiger partial charge in [0.25, 0.3) is 23.6 Å². The van der Waals surface area contributed by atoms with Crippen molar-refractivity contribution in [1.29, 1.82) is 0 Å². The van der Waals surface area contributed by atoms with Crippen LogP contribution < -0.4 is 39.4 Å². The van der Waals surface area contributed by atoms with Crippen molar-refractivity contribution in [3.05, 3.63) is 144 Å². The van der Waals surface area contributed by atoms with Crippen LogP contribution in [-0.4, -0.2) is 135 Å². The lowest BCUT2D eigenvalue weighted by Gasteiger charge is -2.40. The molecule has 0 saturated carbocycles. The van der Waals surface area contributed by atoms with E-state index < -0.39 is 35.8 Å². The van der Waals surface area contributed by atoms with Gasteiger partial charge in [0.2, 0.25) is 0 Å². The van der Waals surface area contributed by atoms with E-state index in [0.29, 0.717) is 45.5 Å². The number of pyridine rings is 2. The van der Waals surface area contributed by atoms with E-state index in [1.807, 2.05) is 18.2 Å². The molecule has 2 unspecified atom stereocenters. The number of nitrogens with one attached hydrogen (secondary N) is 2. The molecule has 2 N–H and O–H groups in total. The standard InChI is InChI=1S/C58H54N8O10/c1-58(2,66-28-26-63(3)27-29-66)24-22-38-17-20-52-49(31-38)65(5)56(70)46(35-73-52)61-54(68)44-32-40(23-25-59-44)76-50-15-11-10-14-42(50)43-33-41(75-39-12-8-7-9-13-39)34-45(60-43)55(69)62-47-36-74-51-19-16-37(18-21-53(67)72-6)30-48(51)64(4)57(47)71/h7-17,19-20,23,25,30-34,46-47H,26-29,35-36H2,1-6H3,(H,61,68)(H,62,69). The average Bonchev–Trinajstić information content (AvgIpc) is 3.63. The summed E-state index contributed by atoms with van der Waals surface area (Å²) in [6.07, 6.45) is 1.41. The number of carbonyl (C=O) groups is 5. The van der Waals surface area contributed by atoms with E-state index in [1.54, 1.807) is 99.0 Å². The van der Waals surface area contributed by atoms with Crippen LogP contribution in [0.4, 0.5) is 11.4 Å². The van der Waals surface area contributed by atoms with Crippen LogP contribution in [0.5, 0.6) is 34.5 Å². The number of hydrogen-bond acceptors (Lipinski definition) is 14. The number of ether oxygens (including phenoxy) is 5. The molecule has 0 radical (unpaired) electrons. The van der Waals surface area contributed by atoms with Crippen LogP contribution in [0.2, 0.25) is 0 Å². The Morgan fingerprint density at radius 2 is 1.25 bits per heavy atom. The van der Waals surface area contributed by atoms with Crippen molar-refractivity contribution in [3.8, 4) is 69.4 Å². The molecule has 386 valence electrons. The second-order valence-corrected chi connectivity index (χ2v) is 18.6. The van der Waals surface area contributed by atoms with Gasteiger partial charge in [0.1, 0.15) is 71.2 Å². The van der Waals surface area contributed by atoms with Crippen LogP contribution in [0.1, 0.15) is 46.0 Å². The molecule has 6 aromatic rings. The van der Waals surface area contributed by atoms with Gasteiger partial charge in [-0.15, -0.1) is 0 Å². The number of rotatable bonds is 10. The largest absolute Gasteiger partial charge is 0.489 e. The Hall–Kier alpha value is -9.23. The number of nitrogens with zero attached hydrogens (tertiary/aromatic N) is 6. The topological polar surface area (TPSA) is 194 Å². The van der Waals surface area contributed by atoms with Crippen LogP contribution >= 0.6 is 0 Å². The molecule has 1 fully saturated rings. The molecule has 3 aliphatic heterocycles. The molecule has 5 heterocycles. The first-order chi connectivity index (χ1) is 36.6. The highest BCUT2D eigenvalue weighted by Gasteiger charge is 2.34. The predicted octanol–water partition coefficient (Wildman–Crippen LogP) is 5.94. The summed E-state index contributed by atoms with van der Waals surface area (Å²) >= 11 is 0. The summed E-state index contributed by atoms with van der Waals surface area (Å²) in [5.74, 6) is 11.0. The van der Waals surface area contributed by atoms with Gasteiger partial charge in [0.15, 0.2) is 0 Å². The Balaban J connectivity index is 0.908. The molecule has 0 bridgehead atoms. The summed E-state index contributed by atoms with van der Waals surface area (Å²) < 4.78 is 29.3. The van der Waals surface area contributed by atoms with E-state index in [1.165, 1.54) is 35.2 Å². The molecule has 2 aromatic heterocycles. The highest BCUT2D eigenvalue weighted by molar-refractivity contribution is 6.04. The highest BCUT2D eigenvalue weighted by Crippen LogP contribution is 2.37. The normalized spacial score (nSPS) is 16.6. The third kappa shape index (κ3) is 11.9. The third-order valence-electron chi connectivity index (χ3n) is 13.0. The molecule has 1 saturated heterocycles. The molecule has 9 rings (SSSR count). The quantitative estimate of drug-likeness (QED) is 0.121. The Kier molecular flexibility index (Phi) is 15.3. The highest BCUT2D eigenvalue weighted by atomic mass is 16.5. The second-order valence-electron chi connectivity index (χ2n) is 18.6. The zero-order valence-corrected chi connectivity index (χ0v) is 42.7. The molecule has 76 heavy (non-hydrogen) atoms. The maximum atomic E-state index is 14.2. The van der Waals surface area contributed by atoms with E-state index >= 15 is 0 Å². The van der Waals surface area contributed by atoms with Gasteiger partial charge in [0.05, 0.1) is 29.7 Å². The smallest absolute Gasteiger partial charge is 0.384 e. The van der Waals surface area contributed by atoms with Gasteiger partial charge in [-0.1, -0.05) is 48.1 Å². The molecular weight excluding hydrogens is 969 g/mol. The molecule has 3 aliphatic rings. The summed E-state index contributed by atoms with van der Waals surface area (Å²) in [4.78, 5) is 83.9. The van der Waals surface area contributed by atoms with E-state index in [4.69, 9.17) is 23.9 Å². The lowest BCUT2D eigenvalue weighted by atomic mass is 10.0. The van der Waals surface area contributed by atoms with E-state index in [0.717, 1.165) is 31.7 Å². The number of methoxy groups -OCH3 is 1. The number of hydrogen-bond donors (Lipinski definition) is 2. The predicted molar refractivity (Wildman–Crippen MR) is 283 cm³/mol. The van der Waals surface area contributed by atoms with Gasteiger partial charge in [-0.05, 0) is 87.6 Å². The number of para-hydroxylation sites is 2. The number of esters is 1. The Bertz CT molecular complexity index is 3350. The first-order valence-corrected chi connectivity index (χ1v) is 24.4. The van der Waals surface area contributed by atoms with Gasteiger partial charge in [-0.25, -0.2) is 9.78 Å². The van der Waals surface area contributed by atoms with Crippen molar-refractivity contribution in [1.82, 2.24) is 30.4 Å². The number of piperazine rings is 1. The van der Waals surface area contributed by atoms with Crippen LogP contribution in [0.25, 0.3) is 11.3 Å². The fourth-order valence-corrected chi connectivity index (χ4v) is 8.60. The number of likely N-dealkylation sites (N-methyl/N-ethyl adjacent to an activating group) is 3. The number of anilines is 2. The van der Waals surface area contributed by atoms with Gasteiger partial charge < -0.3 is 49.0 Å². The molecule has 4 amide bonds. The van der Waals surface area contributed by atoms with E-state index in [-0.39, 0.29) is 53.2 Å². The Labute approximate surface area is 439 Å². The van der Waals surface area contributed by atoms with Gasteiger partial charge in [0, 0.05) is 87.3 Å². The lowest BCUT2D eigenvalue weighted by Crippen LogP contribution is -2.53. The zero-order chi connectivity index (χ0) is 53.5. The third-order valence-corrected chi connectivity index (χ3v) is 13.0. The summed E-state index contributed by atoms with van der Waals surface area (Å²) in [6.45, 7) is 7.71. The molecule has 18 nitrogen and oxygen atoms in total. The number of amides is 4. The SMILES string of the molecule is COC(=O)C#Cc1ccc2c(c1)N(C)C(=O)C(NC(=O)c1cc(Oc3ccccc3)cc(-c3ccccc3Oc3ccnc(C(=O)NC4COc5ccc(C#CC(C)(C)N6CCN(C)CC6)cc5N(C)C4=O)c3)n1)CO2. The minimum atomic E-state index is -1.14. The minimum absolute atomic E-state index is 0.0264.